The van der Waals surface area contributed by atoms with Gasteiger partial charge < -0.3 is 4.74 Å². The smallest absolute Gasteiger partial charge is 0.0892 e. The summed E-state index contributed by atoms with van der Waals surface area (Å²) in [5.41, 5.74) is 2.56. The first-order valence-corrected chi connectivity index (χ1v) is 16.3. The Morgan fingerprint density at radius 3 is 1.85 bits per heavy atom. The first-order valence-electron chi connectivity index (χ1n) is 16.0. The Hall–Kier alpha value is -1.31. The van der Waals surface area contributed by atoms with Gasteiger partial charge in [-0.3, -0.25) is 0 Å². The van der Waals surface area contributed by atoms with Crippen molar-refractivity contribution in [2.24, 2.45) is 23.2 Å². The molecular weight excluding hydrogens is 496 g/mol. The van der Waals surface area contributed by atoms with E-state index in [0.29, 0.717) is 17.8 Å². The van der Waals surface area contributed by atoms with E-state index in [2.05, 4.69) is 109 Å². The number of ether oxygens (including phenoxy) is 1. The maximum absolute atomic E-state index is 7.68. The van der Waals surface area contributed by atoms with Crippen molar-refractivity contribution in [3.8, 4) is 0 Å². The molecule has 1 fully saturated rings. The van der Waals surface area contributed by atoms with Crippen LogP contribution in [0.15, 0.2) is 60.7 Å². The van der Waals surface area contributed by atoms with E-state index in [-0.39, 0.29) is 21.8 Å². The van der Waals surface area contributed by atoms with Crippen LogP contribution < -0.4 is 0 Å². The van der Waals surface area contributed by atoms with Crippen molar-refractivity contribution in [1.82, 2.24) is 0 Å². The molecule has 2 heteroatoms. The summed E-state index contributed by atoms with van der Waals surface area (Å²) < 4.78 is 7.09. The maximum Gasteiger partial charge on any atom is 0.0892 e. The maximum atomic E-state index is 7.68. The van der Waals surface area contributed by atoms with Crippen LogP contribution in [0.2, 0.25) is 0 Å². The van der Waals surface area contributed by atoms with Crippen LogP contribution >= 0.6 is 11.6 Å². The Morgan fingerprint density at radius 1 is 0.795 bits per heavy atom. The van der Waals surface area contributed by atoms with E-state index in [1.165, 1.54) is 43.2 Å². The van der Waals surface area contributed by atoms with Gasteiger partial charge in [0.15, 0.2) is 0 Å². The van der Waals surface area contributed by atoms with Gasteiger partial charge in [-0.2, -0.15) is 0 Å². The van der Waals surface area contributed by atoms with Gasteiger partial charge in [0.25, 0.3) is 0 Å². The van der Waals surface area contributed by atoms with Gasteiger partial charge in [-0.15, -0.1) is 11.6 Å². The molecule has 2 atom stereocenters. The molecule has 2 unspecified atom stereocenters. The van der Waals surface area contributed by atoms with Gasteiger partial charge in [-0.25, -0.2) is 0 Å². The van der Waals surface area contributed by atoms with Crippen LogP contribution in [0.3, 0.4) is 0 Å². The van der Waals surface area contributed by atoms with Gasteiger partial charge in [-0.1, -0.05) is 128 Å². The van der Waals surface area contributed by atoms with Gasteiger partial charge in [0.2, 0.25) is 0 Å². The van der Waals surface area contributed by atoms with Crippen molar-refractivity contribution in [3.05, 3.63) is 71.8 Å². The lowest BCUT2D eigenvalue weighted by molar-refractivity contribution is -0.128. The van der Waals surface area contributed by atoms with Crippen molar-refractivity contribution >= 4 is 11.6 Å². The molecule has 2 aromatic rings. The van der Waals surface area contributed by atoms with E-state index < -0.39 is 0 Å². The summed E-state index contributed by atoms with van der Waals surface area (Å²) >= 11 is 7.68. The number of hydrogen-bond acceptors (Lipinski definition) is 1. The average Bonchev–Trinajstić information content (AvgIpc) is 2.91. The van der Waals surface area contributed by atoms with Gasteiger partial charge in [0.1, 0.15) is 0 Å². The molecule has 0 aliphatic heterocycles. The Labute approximate surface area is 246 Å². The van der Waals surface area contributed by atoms with Crippen LogP contribution in [0, 0.1) is 23.2 Å². The van der Waals surface area contributed by atoms with Crippen LogP contribution in [0.4, 0.5) is 0 Å². The lowest BCUT2D eigenvalue weighted by Crippen LogP contribution is -2.53. The van der Waals surface area contributed by atoms with E-state index in [9.17, 15) is 0 Å². The number of alkyl halides is 1. The third-order valence-electron chi connectivity index (χ3n) is 9.59. The van der Waals surface area contributed by atoms with Crippen LogP contribution in [-0.2, 0) is 10.2 Å². The third kappa shape index (κ3) is 7.91. The lowest BCUT2D eigenvalue weighted by atomic mass is 9.48. The number of hydrogen-bond donors (Lipinski definition) is 0. The fraction of sp³-hybridized carbons (Fsp3) is 0.676. The van der Waals surface area contributed by atoms with Crippen LogP contribution in [0.25, 0.3) is 0 Å². The van der Waals surface area contributed by atoms with Gasteiger partial charge in [0, 0.05) is 16.9 Å². The predicted molar refractivity (Wildman–Crippen MR) is 171 cm³/mol. The predicted octanol–water partition coefficient (Wildman–Crippen LogP) is 11.5. The summed E-state index contributed by atoms with van der Waals surface area (Å²) in [4.78, 5) is -0.193. The van der Waals surface area contributed by atoms with Crippen molar-refractivity contribution in [2.45, 2.75) is 129 Å². The van der Waals surface area contributed by atoms with Crippen molar-refractivity contribution < 1.29 is 4.74 Å². The number of halogens is 1. The summed E-state index contributed by atoms with van der Waals surface area (Å²) in [6, 6.07) is 22.5. The molecule has 1 saturated carbocycles. The minimum atomic E-state index is -0.193. The highest BCUT2D eigenvalue weighted by molar-refractivity contribution is 6.23. The molecule has 0 amide bonds. The summed E-state index contributed by atoms with van der Waals surface area (Å²) in [7, 11) is 0. The highest BCUT2D eigenvalue weighted by atomic mass is 35.5. The molecule has 0 radical (unpaired) electrons. The van der Waals surface area contributed by atoms with Crippen molar-refractivity contribution in [3.63, 3.8) is 0 Å². The number of benzene rings is 2. The molecule has 3 rings (SSSR count). The molecular formula is C37H57ClO. The zero-order valence-corrected chi connectivity index (χ0v) is 26.9. The highest BCUT2D eigenvalue weighted by Gasteiger charge is 2.57. The molecule has 2 aromatic carbocycles. The topological polar surface area (TPSA) is 9.23 Å². The van der Waals surface area contributed by atoms with Crippen molar-refractivity contribution in [1.29, 1.82) is 0 Å². The molecule has 0 aromatic heterocycles. The zero-order chi connectivity index (χ0) is 28.5. The highest BCUT2D eigenvalue weighted by Crippen LogP contribution is 2.62. The largest absolute Gasteiger partial charge is 0.373 e. The fourth-order valence-electron chi connectivity index (χ4n) is 8.03. The third-order valence-corrected chi connectivity index (χ3v) is 10.1. The monoisotopic (exact) mass is 552 g/mol. The van der Waals surface area contributed by atoms with E-state index in [4.69, 9.17) is 16.3 Å². The minimum Gasteiger partial charge on any atom is -0.373 e. The molecule has 218 valence electrons. The first-order chi connectivity index (χ1) is 18.6. The lowest BCUT2D eigenvalue weighted by Gasteiger charge is -2.58. The molecule has 39 heavy (non-hydrogen) atoms. The van der Waals surface area contributed by atoms with E-state index in [1.54, 1.807) is 0 Å². The minimum absolute atomic E-state index is 0.0240. The van der Waals surface area contributed by atoms with E-state index >= 15 is 0 Å². The first kappa shape index (κ1) is 32.2. The Balaban J connectivity index is 2.25. The molecule has 0 spiro atoms. The van der Waals surface area contributed by atoms with E-state index in [1.807, 2.05) is 0 Å². The number of rotatable bonds is 15. The molecule has 1 aliphatic carbocycles. The zero-order valence-electron chi connectivity index (χ0n) is 26.1. The van der Waals surface area contributed by atoms with Crippen LogP contribution in [0.1, 0.15) is 130 Å². The molecule has 0 bridgehead atoms. The molecule has 0 heterocycles. The Bertz CT molecular complexity index is 934. The quantitative estimate of drug-likeness (QED) is 0.199. The van der Waals surface area contributed by atoms with Gasteiger partial charge in [-0.05, 0) is 79.2 Å². The fourth-order valence-corrected chi connectivity index (χ4v) is 8.74. The molecule has 1 aliphatic rings. The summed E-state index contributed by atoms with van der Waals surface area (Å²) in [6.07, 6.45) is 11.8. The van der Waals surface area contributed by atoms with Crippen LogP contribution in [0.5, 0.6) is 0 Å². The van der Waals surface area contributed by atoms with Crippen LogP contribution in [-0.4, -0.2) is 11.5 Å². The summed E-state index contributed by atoms with van der Waals surface area (Å²) in [5.74, 6) is 1.74. The van der Waals surface area contributed by atoms with Crippen molar-refractivity contribution in [2.75, 3.05) is 6.61 Å². The normalized spacial score (nSPS) is 17.9. The second kappa shape index (κ2) is 14.5. The SMILES string of the molecule is CCCOC(c1ccccc1)C(CCC(Cl)(CC(C)C)CC(C)C)(C1CCCCC1)C(C)(C)c1ccccc1. The second-order valence-corrected chi connectivity index (χ2v) is 14.7. The Kier molecular flexibility index (Phi) is 12.0. The molecule has 0 saturated heterocycles. The molecule has 0 N–H and O–H groups in total. The van der Waals surface area contributed by atoms with Gasteiger partial charge in [0.05, 0.1) is 6.10 Å². The Morgan fingerprint density at radius 2 is 1.33 bits per heavy atom. The summed E-state index contributed by atoms with van der Waals surface area (Å²) in [5, 5.41) is 0. The average molecular weight is 553 g/mol. The van der Waals surface area contributed by atoms with E-state index in [0.717, 1.165) is 38.7 Å². The summed E-state index contributed by atoms with van der Waals surface area (Å²) in [6.45, 7) is 17.4. The van der Waals surface area contributed by atoms with Gasteiger partial charge >= 0.3 is 0 Å². The standard InChI is InChI=1S/C37H57ClO/c1-8-26-39-34(31-18-12-9-13-19-31)37(33-22-16-11-17-23-33,35(6,7)32-20-14-10-15-21-32)25-24-36(38,27-29(2)3)28-30(4)5/h9-10,12-15,18-21,29-30,33-34H,8,11,16-17,22-28H2,1-7H3. The second-order valence-electron chi connectivity index (χ2n) is 13.9. The molecule has 1 nitrogen and oxygen atoms in total.